The van der Waals surface area contributed by atoms with Crippen molar-refractivity contribution in [3.05, 3.63) is 75.2 Å². The molecule has 8 heteroatoms. The van der Waals surface area contributed by atoms with Gasteiger partial charge in [-0.25, -0.2) is 4.79 Å². The number of hydrogen-bond donors (Lipinski definition) is 1. The van der Waals surface area contributed by atoms with Gasteiger partial charge in [0, 0.05) is 5.56 Å². The standard InChI is InChI=1S/C23H19Br2NO5/c1-14(23(27)28)31-26-13-15-10-19(24)22(20(25)11-15)30-17-8-9-21(29-2)18(12-17)16-6-4-3-5-7-16/h3-14H,1-2H3,(H,27,28)/b26-13+. The highest BCUT2D eigenvalue weighted by atomic mass is 79.9. The van der Waals surface area contributed by atoms with Crippen LogP contribution in [0.5, 0.6) is 17.2 Å². The van der Waals surface area contributed by atoms with Gasteiger partial charge in [0.15, 0.2) is 5.75 Å². The second kappa shape index (κ2) is 10.5. The molecule has 0 aromatic heterocycles. The molecule has 0 bridgehead atoms. The molecule has 0 amide bonds. The van der Waals surface area contributed by atoms with Crippen LogP contribution in [0, 0.1) is 0 Å². The van der Waals surface area contributed by atoms with E-state index in [1.54, 1.807) is 19.2 Å². The van der Waals surface area contributed by atoms with E-state index in [0.717, 1.165) is 16.9 Å². The maximum absolute atomic E-state index is 10.8. The molecular formula is C23H19Br2NO5. The lowest BCUT2D eigenvalue weighted by atomic mass is 10.0. The first-order chi connectivity index (χ1) is 14.9. The Hall–Kier alpha value is -2.84. The molecule has 0 saturated carbocycles. The SMILES string of the molecule is COc1ccc(Oc2c(Br)cc(/C=N/OC(C)C(=O)O)cc2Br)cc1-c1ccccc1. The van der Waals surface area contributed by atoms with Crippen molar-refractivity contribution in [2.75, 3.05) is 7.11 Å². The van der Waals surface area contributed by atoms with Gasteiger partial charge in [-0.05, 0) is 80.2 Å². The predicted octanol–water partition coefficient (Wildman–Crippen LogP) is 6.50. The topological polar surface area (TPSA) is 77.3 Å². The third kappa shape index (κ3) is 5.86. The van der Waals surface area contributed by atoms with Crippen LogP contribution in [0.4, 0.5) is 0 Å². The average Bonchev–Trinajstić information content (AvgIpc) is 2.76. The fourth-order valence-corrected chi connectivity index (χ4v) is 4.07. The molecule has 1 unspecified atom stereocenters. The Balaban J connectivity index is 1.84. The highest BCUT2D eigenvalue weighted by Crippen LogP contribution is 2.40. The van der Waals surface area contributed by atoms with Crippen molar-refractivity contribution in [1.82, 2.24) is 0 Å². The molecule has 0 fully saturated rings. The number of oxime groups is 1. The summed E-state index contributed by atoms with van der Waals surface area (Å²) >= 11 is 7.03. The van der Waals surface area contributed by atoms with Crippen LogP contribution in [0.1, 0.15) is 12.5 Å². The van der Waals surface area contributed by atoms with Gasteiger partial charge in [0.05, 0.1) is 22.3 Å². The van der Waals surface area contributed by atoms with Crippen molar-refractivity contribution in [1.29, 1.82) is 0 Å². The van der Waals surface area contributed by atoms with Crippen molar-refractivity contribution in [2.24, 2.45) is 5.16 Å². The maximum atomic E-state index is 10.8. The largest absolute Gasteiger partial charge is 0.496 e. The first-order valence-electron chi connectivity index (χ1n) is 9.21. The van der Waals surface area contributed by atoms with Gasteiger partial charge in [-0.2, -0.15) is 0 Å². The number of aliphatic carboxylic acids is 1. The van der Waals surface area contributed by atoms with Gasteiger partial charge in [-0.1, -0.05) is 35.5 Å². The minimum absolute atomic E-state index is 0.584. The number of nitrogens with zero attached hydrogens (tertiary/aromatic N) is 1. The molecule has 0 aliphatic carbocycles. The average molecular weight is 549 g/mol. The van der Waals surface area contributed by atoms with Crippen molar-refractivity contribution in [3.63, 3.8) is 0 Å². The number of carboxylic acid groups (broad SMARTS) is 1. The van der Waals surface area contributed by atoms with E-state index < -0.39 is 12.1 Å². The molecule has 0 aliphatic heterocycles. The van der Waals surface area contributed by atoms with E-state index in [1.807, 2.05) is 48.5 Å². The Bertz CT molecular complexity index is 1080. The molecule has 160 valence electrons. The summed E-state index contributed by atoms with van der Waals surface area (Å²) in [5.41, 5.74) is 2.63. The van der Waals surface area contributed by atoms with Gasteiger partial charge in [0.25, 0.3) is 0 Å². The van der Waals surface area contributed by atoms with Gasteiger partial charge in [0.1, 0.15) is 11.5 Å². The van der Waals surface area contributed by atoms with Crippen molar-refractivity contribution in [3.8, 4) is 28.4 Å². The Labute approximate surface area is 196 Å². The van der Waals surface area contributed by atoms with Crippen LogP contribution in [0.25, 0.3) is 11.1 Å². The fraction of sp³-hybridized carbons (Fsp3) is 0.130. The number of methoxy groups -OCH3 is 1. The molecule has 31 heavy (non-hydrogen) atoms. The first-order valence-corrected chi connectivity index (χ1v) is 10.8. The molecule has 3 aromatic rings. The zero-order valence-electron chi connectivity index (χ0n) is 16.7. The van der Waals surface area contributed by atoms with Crippen LogP contribution in [-0.2, 0) is 9.63 Å². The molecule has 3 aromatic carbocycles. The zero-order chi connectivity index (χ0) is 22.4. The van der Waals surface area contributed by atoms with Gasteiger partial charge in [0.2, 0.25) is 6.10 Å². The molecule has 0 radical (unpaired) electrons. The minimum Gasteiger partial charge on any atom is -0.496 e. The van der Waals surface area contributed by atoms with Crippen LogP contribution in [0.2, 0.25) is 0 Å². The summed E-state index contributed by atoms with van der Waals surface area (Å²) in [5, 5.41) is 12.6. The van der Waals surface area contributed by atoms with Gasteiger partial charge >= 0.3 is 5.97 Å². The summed E-state index contributed by atoms with van der Waals surface area (Å²) in [6.07, 6.45) is 0.402. The summed E-state index contributed by atoms with van der Waals surface area (Å²) in [5.74, 6) is 0.888. The quantitative estimate of drug-likeness (QED) is 0.257. The van der Waals surface area contributed by atoms with Gasteiger partial charge in [-0.3, -0.25) is 0 Å². The Morgan fingerprint density at radius 1 is 1.06 bits per heavy atom. The second-order valence-electron chi connectivity index (χ2n) is 6.46. The van der Waals surface area contributed by atoms with Crippen molar-refractivity contribution in [2.45, 2.75) is 13.0 Å². The number of hydrogen-bond acceptors (Lipinski definition) is 5. The van der Waals surface area contributed by atoms with Crippen LogP contribution >= 0.6 is 31.9 Å². The lowest BCUT2D eigenvalue weighted by Crippen LogP contribution is -2.17. The molecule has 3 rings (SSSR count). The van der Waals surface area contributed by atoms with Gasteiger partial charge < -0.3 is 19.4 Å². The molecule has 0 saturated heterocycles. The van der Waals surface area contributed by atoms with E-state index >= 15 is 0 Å². The van der Waals surface area contributed by atoms with E-state index in [2.05, 4.69) is 37.0 Å². The summed E-state index contributed by atoms with van der Waals surface area (Å²) in [7, 11) is 1.64. The Kier molecular flexibility index (Phi) is 7.70. The van der Waals surface area contributed by atoms with Crippen molar-refractivity contribution >= 4 is 44.0 Å². The van der Waals surface area contributed by atoms with E-state index in [9.17, 15) is 4.79 Å². The van der Waals surface area contributed by atoms with E-state index in [-0.39, 0.29) is 0 Å². The molecular weight excluding hydrogens is 530 g/mol. The second-order valence-corrected chi connectivity index (χ2v) is 8.17. The third-order valence-electron chi connectivity index (χ3n) is 4.26. The summed E-state index contributed by atoms with van der Waals surface area (Å²) in [4.78, 5) is 15.7. The van der Waals surface area contributed by atoms with E-state index in [0.29, 0.717) is 26.0 Å². The molecule has 1 atom stereocenters. The monoisotopic (exact) mass is 547 g/mol. The molecule has 0 spiro atoms. The minimum atomic E-state index is -1.09. The molecule has 6 nitrogen and oxygen atoms in total. The zero-order valence-corrected chi connectivity index (χ0v) is 19.9. The molecule has 0 aliphatic rings. The highest BCUT2D eigenvalue weighted by molar-refractivity contribution is 9.11. The Morgan fingerprint density at radius 3 is 2.35 bits per heavy atom. The van der Waals surface area contributed by atoms with Crippen molar-refractivity contribution < 1.29 is 24.2 Å². The molecule has 0 heterocycles. The fourth-order valence-electron chi connectivity index (χ4n) is 2.69. The highest BCUT2D eigenvalue weighted by Gasteiger charge is 2.14. The summed E-state index contributed by atoms with van der Waals surface area (Å²) in [6.45, 7) is 1.40. The predicted molar refractivity (Wildman–Crippen MR) is 126 cm³/mol. The number of ether oxygens (including phenoxy) is 2. The first kappa shape index (κ1) is 22.8. The number of halogens is 2. The lowest BCUT2D eigenvalue weighted by molar-refractivity contribution is -0.149. The van der Waals surface area contributed by atoms with Crippen LogP contribution in [0.15, 0.2) is 74.8 Å². The van der Waals surface area contributed by atoms with Crippen LogP contribution in [0.3, 0.4) is 0 Å². The number of carbonyl (C=O) groups is 1. The summed E-state index contributed by atoms with van der Waals surface area (Å²) < 4.78 is 13.0. The smallest absolute Gasteiger partial charge is 0.347 e. The number of benzene rings is 3. The van der Waals surface area contributed by atoms with Gasteiger partial charge in [-0.15, -0.1) is 0 Å². The Morgan fingerprint density at radius 2 is 1.74 bits per heavy atom. The van der Waals surface area contributed by atoms with E-state index in [1.165, 1.54) is 13.1 Å². The summed E-state index contributed by atoms with van der Waals surface area (Å²) in [6, 6.07) is 19.1. The number of carboxylic acids is 1. The van der Waals surface area contributed by atoms with E-state index in [4.69, 9.17) is 19.4 Å². The lowest BCUT2D eigenvalue weighted by Gasteiger charge is -2.14. The third-order valence-corrected chi connectivity index (χ3v) is 5.44. The molecule has 1 N–H and O–H groups in total. The normalized spacial score (nSPS) is 11.9. The van der Waals surface area contributed by atoms with Crippen LogP contribution in [-0.4, -0.2) is 30.5 Å². The van der Waals surface area contributed by atoms with Crippen LogP contribution < -0.4 is 9.47 Å². The maximum Gasteiger partial charge on any atom is 0.347 e. The number of rotatable bonds is 8.